The summed E-state index contributed by atoms with van der Waals surface area (Å²) >= 11 is 6.11. The van der Waals surface area contributed by atoms with Gasteiger partial charge < -0.3 is 9.73 Å². The predicted molar refractivity (Wildman–Crippen MR) is 104 cm³/mol. The Balaban J connectivity index is 0.00000102. The van der Waals surface area contributed by atoms with Gasteiger partial charge >= 0.3 is 0 Å². The molecule has 2 aromatic heterocycles. The molecule has 2 aromatic carbocycles. The number of aromatic nitrogens is 4. The minimum atomic E-state index is -0.354. The van der Waals surface area contributed by atoms with Gasteiger partial charge in [0.2, 0.25) is 5.82 Å². The molecule has 0 aliphatic carbocycles. The van der Waals surface area contributed by atoms with Crippen LogP contribution in [0.5, 0.6) is 0 Å². The maximum atomic E-state index is 14.3. The lowest BCUT2D eigenvalue weighted by atomic mass is 10.1. The van der Waals surface area contributed by atoms with Gasteiger partial charge in [-0.25, -0.2) is 4.39 Å². The van der Waals surface area contributed by atoms with Gasteiger partial charge in [-0.1, -0.05) is 31.5 Å². The van der Waals surface area contributed by atoms with Gasteiger partial charge in [-0.05, 0) is 42.0 Å². The molecule has 4 aromatic rings. The summed E-state index contributed by atoms with van der Waals surface area (Å²) in [4.78, 5) is 0. The van der Waals surface area contributed by atoms with Crippen molar-refractivity contribution in [1.29, 1.82) is 0 Å². The van der Waals surface area contributed by atoms with Crippen molar-refractivity contribution in [2.75, 3.05) is 5.32 Å². The maximum absolute atomic E-state index is 14.3. The second kappa shape index (κ2) is 8.18. The minimum Gasteiger partial charge on any atom is -0.452 e. The molecule has 140 valence electrons. The zero-order chi connectivity index (χ0) is 19.4. The molecule has 0 radical (unpaired) electrons. The van der Waals surface area contributed by atoms with Crippen LogP contribution in [0.1, 0.15) is 25.0 Å². The Morgan fingerprint density at radius 1 is 1.19 bits per heavy atom. The molecule has 0 fully saturated rings. The topological polar surface area (TPSA) is 79.6 Å². The largest absolute Gasteiger partial charge is 0.452 e. The number of fused-ring (bicyclic) bond motifs is 1. The number of hydrogen-bond acceptors (Lipinski definition) is 5. The molecule has 0 amide bonds. The standard InChI is InChI=1S/C17H13ClFN5O.C2H6/c1-9-2-3-12(6-13(9)18)20-8-11-4-10-5-16(17-21-23-24-22-17)25-15(10)7-14(11)19;1-2/h2-7,20H,8H2,1H3,(H,21,22,23,24);1-2H3. The highest BCUT2D eigenvalue weighted by molar-refractivity contribution is 6.31. The van der Waals surface area contributed by atoms with Gasteiger partial charge in [-0.15, -0.1) is 10.2 Å². The third-order valence-corrected chi connectivity index (χ3v) is 4.31. The number of benzene rings is 2. The number of nitrogens with one attached hydrogen (secondary N) is 2. The molecule has 6 nitrogen and oxygen atoms in total. The lowest BCUT2D eigenvalue weighted by Gasteiger charge is -2.09. The monoisotopic (exact) mass is 387 g/mol. The van der Waals surface area contributed by atoms with Crippen LogP contribution in [0.4, 0.5) is 10.1 Å². The molecule has 0 aliphatic heterocycles. The number of halogens is 2. The number of tetrazole rings is 1. The van der Waals surface area contributed by atoms with E-state index in [9.17, 15) is 4.39 Å². The summed E-state index contributed by atoms with van der Waals surface area (Å²) in [5, 5.41) is 18.2. The van der Waals surface area contributed by atoms with Crippen LogP contribution in [0.25, 0.3) is 22.6 Å². The number of anilines is 1. The quantitative estimate of drug-likeness (QED) is 0.493. The summed E-state index contributed by atoms with van der Waals surface area (Å²) in [6.07, 6.45) is 0. The average Bonchev–Trinajstić information content (AvgIpc) is 3.33. The molecule has 27 heavy (non-hydrogen) atoms. The predicted octanol–water partition coefficient (Wildman–Crippen LogP) is 5.35. The smallest absolute Gasteiger partial charge is 0.239 e. The first-order chi connectivity index (χ1) is 13.1. The third-order valence-electron chi connectivity index (χ3n) is 3.91. The highest BCUT2D eigenvalue weighted by atomic mass is 35.5. The van der Waals surface area contributed by atoms with Gasteiger partial charge in [0.25, 0.3) is 0 Å². The van der Waals surface area contributed by atoms with Crippen molar-refractivity contribution in [3.05, 3.63) is 58.4 Å². The van der Waals surface area contributed by atoms with Gasteiger partial charge in [0.15, 0.2) is 5.76 Å². The summed E-state index contributed by atoms with van der Waals surface area (Å²) in [6.45, 7) is 6.25. The second-order valence-electron chi connectivity index (χ2n) is 5.65. The van der Waals surface area contributed by atoms with Gasteiger partial charge in [0.05, 0.1) is 0 Å². The van der Waals surface area contributed by atoms with E-state index in [2.05, 4.69) is 25.9 Å². The first-order valence-corrected chi connectivity index (χ1v) is 8.94. The van der Waals surface area contributed by atoms with E-state index in [1.807, 2.05) is 39.0 Å². The van der Waals surface area contributed by atoms with Gasteiger partial charge in [-0.2, -0.15) is 5.21 Å². The Morgan fingerprint density at radius 2 is 2.00 bits per heavy atom. The van der Waals surface area contributed by atoms with Gasteiger partial charge in [-0.3, -0.25) is 0 Å². The molecule has 0 unspecified atom stereocenters. The van der Waals surface area contributed by atoms with Crippen LogP contribution in [0.15, 0.2) is 40.8 Å². The molecule has 4 rings (SSSR count). The number of rotatable bonds is 4. The van der Waals surface area contributed by atoms with Crippen LogP contribution < -0.4 is 5.32 Å². The minimum absolute atomic E-state index is 0.323. The number of H-pyrrole nitrogens is 1. The third kappa shape index (κ3) is 4.09. The number of hydrogen-bond donors (Lipinski definition) is 2. The molecular weight excluding hydrogens is 369 g/mol. The van der Waals surface area contributed by atoms with Crippen LogP contribution in [0, 0.1) is 12.7 Å². The first kappa shape index (κ1) is 18.8. The average molecular weight is 388 g/mol. The van der Waals surface area contributed by atoms with Crippen LogP contribution in [0.3, 0.4) is 0 Å². The second-order valence-corrected chi connectivity index (χ2v) is 6.05. The van der Waals surface area contributed by atoms with Gasteiger partial charge in [0.1, 0.15) is 11.4 Å². The Bertz CT molecular complexity index is 1050. The maximum Gasteiger partial charge on any atom is 0.239 e. The summed E-state index contributed by atoms with van der Waals surface area (Å²) < 4.78 is 19.9. The number of furan rings is 1. The lowest BCUT2D eigenvalue weighted by molar-refractivity contribution is 0.596. The van der Waals surface area contributed by atoms with Crippen molar-refractivity contribution < 1.29 is 8.81 Å². The van der Waals surface area contributed by atoms with Crippen LogP contribution in [-0.2, 0) is 6.54 Å². The molecule has 0 bridgehead atoms. The fourth-order valence-corrected chi connectivity index (χ4v) is 2.70. The van der Waals surface area contributed by atoms with Crippen molar-refractivity contribution >= 4 is 28.3 Å². The highest BCUT2D eigenvalue weighted by Gasteiger charge is 2.13. The highest BCUT2D eigenvalue weighted by Crippen LogP contribution is 2.28. The van der Waals surface area contributed by atoms with Crippen molar-refractivity contribution in [3.8, 4) is 11.6 Å². The molecule has 0 spiro atoms. The Morgan fingerprint density at radius 3 is 2.70 bits per heavy atom. The molecule has 2 heterocycles. The van der Waals surface area contributed by atoms with E-state index in [4.69, 9.17) is 16.0 Å². The molecule has 0 atom stereocenters. The number of aromatic amines is 1. The molecular formula is C19H19ClFN5O. The summed E-state index contributed by atoms with van der Waals surface area (Å²) in [5.41, 5.74) is 2.77. The fourth-order valence-electron chi connectivity index (χ4n) is 2.52. The first-order valence-electron chi connectivity index (χ1n) is 8.56. The van der Waals surface area contributed by atoms with E-state index in [-0.39, 0.29) is 5.82 Å². The zero-order valence-electron chi connectivity index (χ0n) is 15.2. The fraction of sp³-hybridized carbons (Fsp3) is 0.211. The van der Waals surface area contributed by atoms with E-state index < -0.39 is 0 Å². The molecule has 0 aliphatic rings. The molecule has 0 saturated carbocycles. The molecule has 8 heteroatoms. The van der Waals surface area contributed by atoms with Crippen molar-refractivity contribution in [2.45, 2.75) is 27.3 Å². The van der Waals surface area contributed by atoms with E-state index in [1.54, 1.807) is 12.1 Å². The van der Waals surface area contributed by atoms with Crippen LogP contribution in [0.2, 0.25) is 5.02 Å². The van der Waals surface area contributed by atoms with Crippen LogP contribution >= 0.6 is 11.6 Å². The Labute approximate surface area is 160 Å². The SMILES string of the molecule is CC.Cc1ccc(NCc2cc3cc(-c4nn[nH]n4)oc3cc2F)cc1Cl. The van der Waals surface area contributed by atoms with E-state index in [1.165, 1.54) is 6.07 Å². The van der Waals surface area contributed by atoms with E-state index in [0.717, 1.165) is 16.6 Å². The Kier molecular flexibility index (Phi) is 5.71. The number of aryl methyl sites for hydroxylation is 1. The summed E-state index contributed by atoms with van der Waals surface area (Å²) in [5.74, 6) is 0.399. The summed E-state index contributed by atoms with van der Waals surface area (Å²) in [6, 6.07) is 10.5. The Hall–Kier alpha value is -2.93. The van der Waals surface area contributed by atoms with Crippen LogP contribution in [-0.4, -0.2) is 20.6 Å². The summed E-state index contributed by atoms with van der Waals surface area (Å²) in [7, 11) is 0. The molecule has 2 N–H and O–H groups in total. The van der Waals surface area contributed by atoms with E-state index in [0.29, 0.717) is 34.3 Å². The van der Waals surface area contributed by atoms with Crippen molar-refractivity contribution in [2.24, 2.45) is 0 Å². The number of nitrogens with zero attached hydrogens (tertiary/aromatic N) is 3. The van der Waals surface area contributed by atoms with E-state index >= 15 is 0 Å². The van der Waals surface area contributed by atoms with Crippen molar-refractivity contribution in [1.82, 2.24) is 20.6 Å². The normalized spacial score (nSPS) is 10.6. The van der Waals surface area contributed by atoms with Crippen molar-refractivity contribution in [3.63, 3.8) is 0 Å². The van der Waals surface area contributed by atoms with Gasteiger partial charge in [0, 0.05) is 34.3 Å². The zero-order valence-corrected chi connectivity index (χ0v) is 15.9. The lowest BCUT2D eigenvalue weighted by Crippen LogP contribution is -2.01. The molecule has 0 saturated heterocycles.